The van der Waals surface area contributed by atoms with Gasteiger partial charge in [0.05, 0.1) is 5.56 Å². The van der Waals surface area contributed by atoms with Crippen LogP contribution in [0.4, 0.5) is 5.69 Å². The third kappa shape index (κ3) is 4.73. The molecule has 0 spiro atoms. The number of hydrogen-bond acceptors (Lipinski definition) is 3. The molecule has 0 aliphatic rings. The number of hydrogen-bond donors (Lipinski definition) is 2. The number of aryl methyl sites for hydroxylation is 1. The molecular weight excluding hydrogens is 342 g/mol. The van der Waals surface area contributed by atoms with Crippen LogP contribution in [0, 0.1) is 6.92 Å². The summed E-state index contributed by atoms with van der Waals surface area (Å²) in [5.74, 6) is -0.638. The van der Waals surface area contributed by atoms with Gasteiger partial charge in [0.1, 0.15) is 12.4 Å². The number of amides is 1. The maximum absolute atomic E-state index is 12.3. The van der Waals surface area contributed by atoms with E-state index in [9.17, 15) is 14.7 Å². The van der Waals surface area contributed by atoms with Crippen molar-refractivity contribution in [3.05, 3.63) is 95.1 Å². The maximum atomic E-state index is 12.3. The van der Waals surface area contributed by atoms with Gasteiger partial charge >= 0.3 is 5.97 Å². The molecule has 5 nitrogen and oxygen atoms in total. The molecule has 2 N–H and O–H groups in total. The van der Waals surface area contributed by atoms with Crippen LogP contribution in [0.2, 0.25) is 0 Å². The largest absolute Gasteiger partial charge is 0.489 e. The lowest BCUT2D eigenvalue weighted by molar-refractivity contribution is 0.0693. The number of carbonyl (C=O) groups excluding carboxylic acids is 1. The Morgan fingerprint density at radius 1 is 0.926 bits per heavy atom. The fraction of sp³-hybridized carbons (Fsp3) is 0.0909. The number of anilines is 1. The minimum Gasteiger partial charge on any atom is -0.489 e. The van der Waals surface area contributed by atoms with Crippen LogP contribution in [0.15, 0.2) is 72.8 Å². The molecule has 0 saturated carbocycles. The van der Waals surface area contributed by atoms with Crippen LogP contribution in [0.25, 0.3) is 0 Å². The number of carboxylic acids is 1. The van der Waals surface area contributed by atoms with E-state index in [4.69, 9.17) is 4.74 Å². The number of carboxylic acid groups (broad SMARTS) is 1. The number of ether oxygens (including phenoxy) is 1. The van der Waals surface area contributed by atoms with Crippen molar-refractivity contribution in [2.24, 2.45) is 0 Å². The molecule has 0 aromatic heterocycles. The highest BCUT2D eigenvalue weighted by Gasteiger charge is 2.10. The Bertz CT molecular complexity index is 947. The fourth-order valence-corrected chi connectivity index (χ4v) is 2.56. The first kappa shape index (κ1) is 18.2. The molecule has 27 heavy (non-hydrogen) atoms. The molecule has 0 unspecified atom stereocenters. The molecule has 3 aromatic rings. The minimum absolute atomic E-state index is 0.136. The average molecular weight is 361 g/mol. The zero-order valence-electron chi connectivity index (χ0n) is 14.8. The molecule has 0 radical (unpaired) electrons. The van der Waals surface area contributed by atoms with E-state index in [1.165, 1.54) is 0 Å². The Labute approximate surface area is 157 Å². The Kier molecular flexibility index (Phi) is 5.52. The lowest BCUT2D eigenvalue weighted by Gasteiger charge is -2.10. The normalized spacial score (nSPS) is 10.3. The van der Waals surface area contributed by atoms with Crippen molar-refractivity contribution in [1.82, 2.24) is 0 Å². The van der Waals surface area contributed by atoms with Crippen molar-refractivity contribution in [2.45, 2.75) is 13.5 Å². The first-order valence-electron chi connectivity index (χ1n) is 8.45. The Morgan fingerprint density at radius 2 is 1.59 bits per heavy atom. The predicted octanol–water partition coefficient (Wildman–Crippen LogP) is 4.52. The summed E-state index contributed by atoms with van der Waals surface area (Å²) in [7, 11) is 0. The van der Waals surface area contributed by atoms with Crippen molar-refractivity contribution in [3.8, 4) is 5.75 Å². The molecule has 0 heterocycles. The lowest BCUT2D eigenvalue weighted by Crippen LogP contribution is -2.11. The van der Waals surface area contributed by atoms with E-state index >= 15 is 0 Å². The average Bonchev–Trinajstić information content (AvgIpc) is 2.68. The van der Waals surface area contributed by atoms with E-state index in [0.717, 1.165) is 11.3 Å². The first-order valence-corrected chi connectivity index (χ1v) is 8.45. The Morgan fingerprint density at radius 3 is 2.26 bits per heavy atom. The summed E-state index contributed by atoms with van der Waals surface area (Å²) in [6.45, 7) is 2.12. The van der Waals surface area contributed by atoms with Gasteiger partial charge in [0.25, 0.3) is 5.91 Å². The van der Waals surface area contributed by atoms with E-state index in [2.05, 4.69) is 5.32 Å². The summed E-state index contributed by atoms with van der Waals surface area (Å²) < 4.78 is 5.65. The third-order valence-electron chi connectivity index (χ3n) is 4.07. The quantitative estimate of drug-likeness (QED) is 0.677. The van der Waals surface area contributed by atoms with Gasteiger partial charge < -0.3 is 15.2 Å². The molecule has 3 rings (SSSR count). The second-order valence-electron chi connectivity index (χ2n) is 6.10. The van der Waals surface area contributed by atoms with Crippen LogP contribution >= 0.6 is 0 Å². The van der Waals surface area contributed by atoms with Crippen LogP contribution in [-0.2, 0) is 6.61 Å². The van der Waals surface area contributed by atoms with Crippen LogP contribution < -0.4 is 10.1 Å². The molecule has 3 aromatic carbocycles. The standard InChI is InChI=1S/C22H19NO4/c1-15-6-10-18(11-7-15)23-21(24)16-8-12-19(13-9-16)27-14-17-4-2-3-5-20(17)22(25)26/h2-13H,14H2,1H3,(H,23,24)(H,25,26). The van der Waals surface area contributed by atoms with Crippen LogP contribution in [0.5, 0.6) is 5.75 Å². The van der Waals surface area contributed by atoms with Crippen LogP contribution in [0.1, 0.15) is 31.8 Å². The highest BCUT2D eigenvalue weighted by molar-refractivity contribution is 6.04. The maximum Gasteiger partial charge on any atom is 0.336 e. The minimum atomic E-state index is -0.989. The Balaban J connectivity index is 1.62. The van der Waals surface area contributed by atoms with Crippen LogP contribution in [0.3, 0.4) is 0 Å². The molecule has 0 saturated heterocycles. The number of carbonyl (C=O) groups is 2. The molecule has 0 atom stereocenters. The van der Waals surface area contributed by atoms with Gasteiger partial charge in [-0.05, 0) is 49.4 Å². The van der Waals surface area contributed by atoms with Gasteiger partial charge in [-0.1, -0.05) is 35.9 Å². The molecule has 1 amide bonds. The summed E-state index contributed by atoms with van der Waals surface area (Å²) in [6.07, 6.45) is 0. The smallest absolute Gasteiger partial charge is 0.336 e. The summed E-state index contributed by atoms with van der Waals surface area (Å²) in [6, 6.07) is 21.0. The number of benzene rings is 3. The van der Waals surface area contributed by atoms with Crippen molar-refractivity contribution >= 4 is 17.6 Å². The van der Waals surface area contributed by atoms with E-state index in [1.807, 2.05) is 31.2 Å². The molecule has 0 aliphatic heterocycles. The highest BCUT2D eigenvalue weighted by Crippen LogP contribution is 2.17. The van der Waals surface area contributed by atoms with Gasteiger partial charge in [-0.3, -0.25) is 4.79 Å². The summed E-state index contributed by atoms with van der Waals surface area (Å²) in [4.78, 5) is 23.5. The zero-order valence-corrected chi connectivity index (χ0v) is 14.8. The van der Waals surface area contributed by atoms with Gasteiger partial charge in [0, 0.05) is 16.8 Å². The molecule has 5 heteroatoms. The van der Waals surface area contributed by atoms with Crippen molar-refractivity contribution in [1.29, 1.82) is 0 Å². The van der Waals surface area contributed by atoms with E-state index < -0.39 is 5.97 Å². The molecule has 0 bridgehead atoms. The summed E-state index contributed by atoms with van der Waals surface area (Å²) >= 11 is 0. The first-order chi connectivity index (χ1) is 13.0. The second-order valence-corrected chi connectivity index (χ2v) is 6.10. The SMILES string of the molecule is Cc1ccc(NC(=O)c2ccc(OCc3ccccc3C(=O)O)cc2)cc1. The van der Waals surface area contributed by atoms with E-state index in [0.29, 0.717) is 16.9 Å². The summed E-state index contributed by atoms with van der Waals surface area (Å²) in [5, 5.41) is 12.0. The predicted molar refractivity (Wildman–Crippen MR) is 103 cm³/mol. The van der Waals surface area contributed by atoms with Crippen molar-refractivity contribution < 1.29 is 19.4 Å². The lowest BCUT2D eigenvalue weighted by atomic mass is 10.1. The molecule has 0 fully saturated rings. The van der Waals surface area contributed by atoms with Gasteiger partial charge in [-0.2, -0.15) is 0 Å². The molecular formula is C22H19NO4. The van der Waals surface area contributed by atoms with Gasteiger partial charge in [0.15, 0.2) is 0 Å². The monoisotopic (exact) mass is 361 g/mol. The van der Waals surface area contributed by atoms with Gasteiger partial charge in [-0.25, -0.2) is 4.79 Å². The van der Waals surface area contributed by atoms with Crippen LogP contribution in [-0.4, -0.2) is 17.0 Å². The molecule has 0 aliphatic carbocycles. The fourth-order valence-electron chi connectivity index (χ4n) is 2.56. The van der Waals surface area contributed by atoms with E-state index in [-0.39, 0.29) is 18.1 Å². The highest BCUT2D eigenvalue weighted by atomic mass is 16.5. The topological polar surface area (TPSA) is 75.6 Å². The molecule has 136 valence electrons. The van der Waals surface area contributed by atoms with Gasteiger partial charge in [-0.15, -0.1) is 0 Å². The number of rotatable bonds is 6. The zero-order chi connectivity index (χ0) is 19.2. The van der Waals surface area contributed by atoms with Gasteiger partial charge in [0.2, 0.25) is 0 Å². The summed E-state index contributed by atoms with van der Waals surface area (Å²) in [5.41, 5.74) is 3.17. The number of aromatic carboxylic acids is 1. The van der Waals surface area contributed by atoms with E-state index in [1.54, 1.807) is 48.5 Å². The third-order valence-corrected chi connectivity index (χ3v) is 4.07. The Hall–Kier alpha value is -3.60. The van der Waals surface area contributed by atoms with Crippen molar-refractivity contribution in [3.63, 3.8) is 0 Å². The van der Waals surface area contributed by atoms with Crippen molar-refractivity contribution in [2.75, 3.05) is 5.32 Å². The second kappa shape index (κ2) is 8.19. The number of nitrogens with one attached hydrogen (secondary N) is 1.